The first-order valence-electron chi connectivity index (χ1n) is 10.5. The van der Waals surface area contributed by atoms with Crippen molar-refractivity contribution in [2.45, 2.75) is 12.8 Å². The minimum Gasteiger partial charge on any atom is -0.379 e. The zero-order valence-electron chi connectivity index (χ0n) is 16.9. The van der Waals surface area contributed by atoms with Gasteiger partial charge in [0.1, 0.15) is 0 Å². The molecule has 2 heterocycles. The van der Waals surface area contributed by atoms with Crippen LogP contribution in [0.15, 0.2) is 28.7 Å². The molecule has 2 aliphatic rings. The van der Waals surface area contributed by atoms with Gasteiger partial charge in [-0.1, -0.05) is 15.9 Å². The summed E-state index contributed by atoms with van der Waals surface area (Å²) in [4.78, 5) is 31.7. The van der Waals surface area contributed by atoms with Gasteiger partial charge in [-0.05, 0) is 30.7 Å². The zero-order valence-corrected chi connectivity index (χ0v) is 18.5. The first-order valence-corrected chi connectivity index (χ1v) is 11.3. The summed E-state index contributed by atoms with van der Waals surface area (Å²) in [5, 5.41) is 3.26. The number of halogens is 1. The fourth-order valence-electron chi connectivity index (χ4n) is 3.70. The van der Waals surface area contributed by atoms with Crippen LogP contribution in [0.4, 0.5) is 0 Å². The molecule has 2 saturated heterocycles. The van der Waals surface area contributed by atoms with E-state index in [2.05, 4.69) is 26.1 Å². The van der Waals surface area contributed by atoms with E-state index in [1.54, 1.807) is 0 Å². The van der Waals surface area contributed by atoms with Gasteiger partial charge in [0.2, 0.25) is 5.91 Å². The van der Waals surface area contributed by atoms with Crippen molar-refractivity contribution in [2.75, 3.05) is 72.1 Å². The van der Waals surface area contributed by atoms with Crippen LogP contribution in [0.1, 0.15) is 23.2 Å². The van der Waals surface area contributed by atoms with E-state index >= 15 is 0 Å². The van der Waals surface area contributed by atoms with Crippen LogP contribution in [0.25, 0.3) is 0 Å². The second-order valence-electron chi connectivity index (χ2n) is 7.49. The molecule has 0 unspecified atom stereocenters. The number of nitrogens with zero attached hydrogens (tertiary/aromatic N) is 3. The monoisotopic (exact) mass is 466 g/mol. The Kier molecular flexibility index (Phi) is 8.92. The molecule has 0 radical (unpaired) electrons. The Labute approximate surface area is 181 Å². The summed E-state index contributed by atoms with van der Waals surface area (Å²) in [6, 6.07) is 7.43. The molecule has 7 nitrogen and oxygen atoms in total. The van der Waals surface area contributed by atoms with Crippen LogP contribution < -0.4 is 5.32 Å². The predicted octanol–water partition coefficient (Wildman–Crippen LogP) is 1.44. The first kappa shape index (κ1) is 22.2. The van der Waals surface area contributed by atoms with E-state index in [-0.39, 0.29) is 11.8 Å². The molecule has 29 heavy (non-hydrogen) atoms. The summed E-state index contributed by atoms with van der Waals surface area (Å²) in [7, 11) is 0. The summed E-state index contributed by atoms with van der Waals surface area (Å²) in [6.45, 7) is 8.68. The summed E-state index contributed by atoms with van der Waals surface area (Å²) in [5.74, 6) is 0.126. The summed E-state index contributed by atoms with van der Waals surface area (Å²) >= 11 is 3.42. The van der Waals surface area contributed by atoms with Gasteiger partial charge in [0.05, 0.1) is 13.2 Å². The minimum atomic E-state index is -0.00686. The number of amides is 2. The Bertz CT molecular complexity index is 658. The molecule has 1 N–H and O–H groups in total. The van der Waals surface area contributed by atoms with E-state index in [1.165, 1.54) is 0 Å². The molecule has 2 fully saturated rings. The number of ether oxygens (including phenoxy) is 1. The molecular weight excluding hydrogens is 436 g/mol. The Balaban J connectivity index is 1.56. The van der Waals surface area contributed by atoms with Crippen LogP contribution in [0, 0.1) is 0 Å². The fraction of sp³-hybridized carbons (Fsp3) is 0.619. The highest BCUT2D eigenvalue weighted by Gasteiger charge is 2.21. The van der Waals surface area contributed by atoms with E-state index in [4.69, 9.17) is 4.74 Å². The highest BCUT2D eigenvalue weighted by atomic mass is 79.9. The molecule has 0 aromatic heterocycles. The average Bonchev–Trinajstić information content (AvgIpc) is 2.77. The van der Waals surface area contributed by atoms with Crippen LogP contribution in [0.5, 0.6) is 0 Å². The molecule has 3 rings (SSSR count). The van der Waals surface area contributed by atoms with Crippen LogP contribution in [0.3, 0.4) is 0 Å². The van der Waals surface area contributed by atoms with E-state index in [0.29, 0.717) is 25.1 Å². The maximum atomic E-state index is 13.1. The molecule has 8 heteroatoms. The number of hydrogen-bond acceptors (Lipinski definition) is 5. The Morgan fingerprint density at radius 2 is 1.72 bits per heavy atom. The number of carbonyl (C=O) groups is 2. The van der Waals surface area contributed by atoms with Gasteiger partial charge in [-0.25, -0.2) is 0 Å². The normalized spacial score (nSPS) is 17.9. The quantitative estimate of drug-likeness (QED) is 0.627. The molecule has 0 atom stereocenters. The minimum absolute atomic E-state index is 0.00686. The largest absolute Gasteiger partial charge is 0.379 e. The molecule has 0 spiro atoms. The summed E-state index contributed by atoms with van der Waals surface area (Å²) in [5.41, 5.74) is 0.661. The maximum Gasteiger partial charge on any atom is 0.253 e. The van der Waals surface area contributed by atoms with Crippen molar-refractivity contribution in [1.82, 2.24) is 20.0 Å². The second kappa shape index (κ2) is 11.6. The van der Waals surface area contributed by atoms with Crippen molar-refractivity contribution < 1.29 is 14.3 Å². The van der Waals surface area contributed by atoms with Gasteiger partial charge in [0.25, 0.3) is 5.91 Å². The molecule has 0 aliphatic carbocycles. The summed E-state index contributed by atoms with van der Waals surface area (Å²) < 4.78 is 6.34. The third-order valence-corrected chi connectivity index (χ3v) is 5.98. The third-order valence-electron chi connectivity index (χ3n) is 5.45. The Morgan fingerprint density at radius 1 is 1.03 bits per heavy atom. The SMILES string of the molecule is O=C(CCN(CCCN1CCOCC1)C(=O)c1ccc(Br)cc1)N1CCNCC1. The van der Waals surface area contributed by atoms with Crippen LogP contribution >= 0.6 is 15.9 Å². The number of carbonyl (C=O) groups excluding carboxylic acids is 2. The molecule has 0 bridgehead atoms. The molecule has 2 amide bonds. The maximum absolute atomic E-state index is 13.1. The fourth-order valence-corrected chi connectivity index (χ4v) is 3.97. The number of hydrogen-bond donors (Lipinski definition) is 1. The number of benzene rings is 1. The lowest BCUT2D eigenvalue weighted by Crippen LogP contribution is -2.47. The number of nitrogens with one attached hydrogen (secondary N) is 1. The smallest absolute Gasteiger partial charge is 0.253 e. The predicted molar refractivity (Wildman–Crippen MR) is 116 cm³/mol. The van der Waals surface area contributed by atoms with Crippen molar-refractivity contribution in [1.29, 1.82) is 0 Å². The summed E-state index contributed by atoms with van der Waals surface area (Å²) in [6.07, 6.45) is 1.27. The topological polar surface area (TPSA) is 65.1 Å². The Morgan fingerprint density at radius 3 is 2.41 bits per heavy atom. The molecule has 1 aromatic carbocycles. The highest BCUT2D eigenvalue weighted by molar-refractivity contribution is 9.10. The standard InChI is InChI=1S/C21H31BrN4O3/c22-19-4-2-18(3-5-19)21(28)26(10-1-9-24-14-16-29-17-15-24)11-6-20(27)25-12-7-23-8-13-25/h2-5,23H,1,6-17H2. The zero-order chi connectivity index (χ0) is 20.5. The van der Waals surface area contributed by atoms with Gasteiger partial charge in [0.15, 0.2) is 0 Å². The van der Waals surface area contributed by atoms with Crippen molar-refractivity contribution in [2.24, 2.45) is 0 Å². The van der Waals surface area contributed by atoms with Crippen molar-refractivity contribution in [3.63, 3.8) is 0 Å². The number of morpholine rings is 1. The highest BCUT2D eigenvalue weighted by Crippen LogP contribution is 2.13. The van der Waals surface area contributed by atoms with Crippen molar-refractivity contribution in [3.8, 4) is 0 Å². The van der Waals surface area contributed by atoms with E-state index in [9.17, 15) is 9.59 Å². The molecule has 1 aromatic rings. The van der Waals surface area contributed by atoms with Crippen LogP contribution in [-0.4, -0.2) is 98.6 Å². The van der Waals surface area contributed by atoms with Crippen molar-refractivity contribution in [3.05, 3.63) is 34.3 Å². The number of rotatable bonds is 8. The lowest BCUT2D eigenvalue weighted by Gasteiger charge is -2.30. The lowest BCUT2D eigenvalue weighted by molar-refractivity contribution is -0.131. The van der Waals surface area contributed by atoms with Crippen LogP contribution in [-0.2, 0) is 9.53 Å². The van der Waals surface area contributed by atoms with E-state index in [0.717, 1.165) is 69.9 Å². The lowest BCUT2D eigenvalue weighted by atomic mass is 10.1. The Hall–Kier alpha value is -1.48. The van der Waals surface area contributed by atoms with Gasteiger partial charge < -0.3 is 19.9 Å². The number of piperazine rings is 1. The second-order valence-corrected chi connectivity index (χ2v) is 8.40. The van der Waals surface area contributed by atoms with Gasteiger partial charge in [-0.3, -0.25) is 14.5 Å². The first-order chi connectivity index (χ1) is 14.1. The molecule has 0 saturated carbocycles. The average molecular weight is 467 g/mol. The van der Waals surface area contributed by atoms with Gasteiger partial charge in [0, 0.05) is 75.4 Å². The van der Waals surface area contributed by atoms with Gasteiger partial charge in [-0.2, -0.15) is 0 Å². The molecule has 160 valence electrons. The van der Waals surface area contributed by atoms with E-state index < -0.39 is 0 Å². The van der Waals surface area contributed by atoms with Gasteiger partial charge >= 0.3 is 0 Å². The van der Waals surface area contributed by atoms with Gasteiger partial charge in [-0.15, -0.1) is 0 Å². The van der Waals surface area contributed by atoms with Crippen molar-refractivity contribution >= 4 is 27.7 Å². The van der Waals surface area contributed by atoms with Crippen LogP contribution in [0.2, 0.25) is 0 Å². The third kappa shape index (κ3) is 7.06. The van der Waals surface area contributed by atoms with E-state index in [1.807, 2.05) is 34.1 Å². The molecule has 2 aliphatic heterocycles. The molecular formula is C21H31BrN4O3.